The summed E-state index contributed by atoms with van der Waals surface area (Å²) in [6, 6.07) is -0.318. The zero-order chi connectivity index (χ0) is 11.3. The van der Waals surface area contributed by atoms with Crippen molar-refractivity contribution >= 4 is 17.9 Å². The third-order valence-electron chi connectivity index (χ3n) is 1.72. The molecule has 15 heavy (non-hydrogen) atoms. The summed E-state index contributed by atoms with van der Waals surface area (Å²) in [7, 11) is 0. The van der Waals surface area contributed by atoms with Gasteiger partial charge in [0.1, 0.15) is 6.04 Å². The number of aromatic nitrogens is 2. The Morgan fingerprint density at radius 3 is 2.87 bits per heavy atom. The summed E-state index contributed by atoms with van der Waals surface area (Å²) < 4.78 is 4.87. The van der Waals surface area contributed by atoms with Crippen LogP contribution in [-0.2, 0) is 4.79 Å². The number of nitrogens with two attached hydrogens (primary N) is 1. The number of rotatable bonds is 5. The maximum Gasteiger partial charge on any atom is 0.317 e. The predicted octanol–water partition coefficient (Wildman–Crippen LogP) is -0.0216. The Hall–Kier alpha value is -1.79. The van der Waals surface area contributed by atoms with Gasteiger partial charge in [-0.1, -0.05) is 17.1 Å². The average molecular weight is 213 g/mol. The van der Waals surface area contributed by atoms with E-state index in [4.69, 9.17) is 10.2 Å². The van der Waals surface area contributed by atoms with Gasteiger partial charge >= 0.3 is 12.0 Å². The van der Waals surface area contributed by atoms with Crippen molar-refractivity contribution in [2.45, 2.75) is 26.3 Å². The molecule has 4 N–H and O–H groups in total. The predicted molar refractivity (Wildman–Crippen MR) is 55.1 cm³/mol. The van der Waals surface area contributed by atoms with Crippen LogP contribution >= 0.6 is 0 Å². The molecule has 0 spiro atoms. The van der Waals surface area contributed by atoms with Crippen molar-refractivity contribution in [3.8, 4) is 0 Å². The van der Waals surface area contributed by atoms with Gasteiger partial charge in [0.05, 0.1) is 0 Å². The van der Waals surface area contributed by atoms with Crippen LogP contribution in [0.5, 0.6) is 0 Å². The van der Waals surface area contributed by atoms with Gasteiger partial charge in [0.15, 0.2) is 0 Å². The van der Waals surface area contributed by atoms with Crippen LogP contribution in [-0.4, -0.2) is 28.7 Å². The van der Waals surface area contributed by atoms with Crippen molar-refractivity contribution in [1.29, 1.82) is 0 Å². The number of hydrogen-bond donors (Lipinski definition) is 3. The van der Waals surface area contributed by atoms with E-state index in [-0.39, 0.29) is 17.9 Å². The standard InChI is InChI=1S/C8H15N5O2/c1-3-4-10-6(14)5(2)11-8-13-12-7(9)15-8/h5H,3-4H2,1-2H3,(H2,9,12)(H,10,14)(H,11,13). The number of carbonyl (C=O) groups excluding carboxylic acids is 1. The SMILES string of the molecule is CCCNC(=O)C(C)Nc1nnc(N)o1. The van der Waals surface area contributed by atoms with E-state index < -0.39 is 6.04 Å². The molecule has 0 radical (unpaired) electrons. The quantitative estimate of drug-likeness (QED) is 0.634. The topological polar surface area (TPSA) is 106 Å². The minimum atomic E-state index is -0.434. The molecule has 1 aromatic heterocycles. The third-order valence-corrected chi connectivity index (χ3v) is 1.72. The minimum Gasteiger partial charge on any atom is -0.390 e. The normalized spacial score (nSPS) is 12.1. The van der Waals surface area contributed by atoms with Crippen LogP contribution in [0.2, 0.25) is 0 Å². The third kappa shape index (κ3) is 3.45. The highest BCUT2D eigenvalue weighted by atomic mass is 16.4. The number of nitrogens with one attached hydrogen (secondary N) is 2. The van der Waals surface area contributed by atoms with Gasteiger partial charge in [-0.3, -0.25) is 4.79 Å². The van der Waals surface area contributed by atoms with Crippen molar-refractivity contribution in [3.63, 3.8) is 0 Å². The largest absolute Gasteiger partial charge is 0.390 e. The van der Waals surface area contributed by atoms with Crippen LogP contribution in [0, 0.1) is 0 Å². The Labute approximate surface area is 87.4 Å². The Bertz CT molecular complexity index is 325. The number of hydrogen-bond acceptors (Lipinski definition) is 6. The molecule has 0 saturated carbocycles. The summed E-state index contributed by atoms with van der Waals surface area (Å²) in [5.74, 6) is -0.117. The number of amides is 1. The average Bonchev–Trinajstić information content (AvgIpc) is 2.60. The van der Waals surface area contributed by atoms with Crippen LogP contribution in [0.1, 0.15) is 20.3 Å². The second kappa shape index (κ2) is 5.18. The lowest BCUT2D eigenvalue weighted by atomic mass is 10.3. The minimum absolute atomic E-state index is 0.0290. The van der Waals surface area contributed by atoms with Gasteiger partial charge < -0.3 is 20.8 Å². The fourth-order valence-electron chi connectivity index (χ4n) is 0.945. The summed E-state index contributed by atoms with van der Waals surface area (Å²) in [5, 5.41) is 12.5. The van der Waals surface area contributed by atoms with Crippen LogP contribution in [0.15, 0.2) is 4.42 Å². The molecule has 0 aliphatic heterocycles. The van der Waals surface area contributed by atoms with Gasteiger partial charge in [-0.2, -0.15) is 0 Å². The smallest absolute Gasteiger partial charge is 0.317 e. The molecule has 1 amide bonds. The maximum absolute atomic E-state index is 11.4. The van der Waals surface area contributed by atoms with E-state index >= 15 is 0 Å². The van der Waals surface area contributed by atoms with E-state index in [0.717, 1.165) is 6.42 Å². The van der Waals surface area contributed by atoms with Crippen LogP contribution < -0.4 is 16.4 Å². The zero-order valence-electron chi connectivity index (χ0n) is 8.78. The van der Waals surface area contributed by atoms with Crippen LogP contribution in [0.25, 0.3) is 0 Å². The van der Waals surface area contributed by atoms with Gasteiger partial charge in [-0.05, 0) is 13.3 Å². The number of nitrogens with zero attached hydrogens (tertiary/aromatic N) is 2. The van der Waals surface area contributed by atoms with E-state index in [1.54, 1.807) is 6.92 Å². The Morgan fingerprint density at radius 1 is 1.60 bits per heavy atom. The molecular formula is C8H15N5O2. The summed E-state index contributed by atoms with van der Waals surface area (Å²) in [6.45, 7) is 4.33. The van der Waals surface area contributed by atoms with Crippen LogP contribution in [0.3, 0.4) is 0 Å². The molecule has 0 bridgehead atoms. The molecule has 7 nitrogen and oxygen atoms in total. The first-order valence-corrected chi connectivity index (χ1v) is 4.76. The highest BCUT2D eigenvalue weighted by Crippen LogP contribution is 2.07. The molecule has 7 heteroatoms. The first-order chi connectivity index (χ1) is 7.13. The second-order valence-corrected chi connectivity index (χ2v) is 3.10. The van der Waals surface area contributed by atoms with Crippen molar-refractivity contribution in [1.82, 2.24) is 15.5 Å². The highest BCUT2D eigenvalue weighted by molar-refractivity contribution is 5.83. The fourth-order valence-corrected chi connectivity index (χ4v) is 0.945. The first-order valence-electron chi connectivity index (χ1n) is 4.76. The molecular weight excluding hydrogens is 198 g/mol. The molecule has 0 aliphatic carbocycles. The van der Waals surface area contributed by atoms with Gasteiger partial charge in [0.25, 0.3) is 0 Å². The van der Waals surface area contributed by atoms with Crippen LogP contribution in [0.4, 0.5) is 12.0 Å². The lowest BCUT2D eigenvalue weighted by molar-refractivity contribution is -0.121. The maximum atomic E-state index is 11.4. The summed E-state index contributed by atoms with van der Waals surface area (Å²) >= 11 is 0. The number of carbonyl (C=O) groups is 1. The van der Waals surface area contributed by atoms with Gasteiger partial charge in [0, 0.05) is 6.54 Å². The molecule has 0 saturated heterocycles. The van der Waals surface area contributed by atoms with E-state index in [1.165, 1.54) is 0 Å². The Morgan fingerprint density at radius 2 is 2.33 bits per heavy atom. The van der Waals surface area contributed by atoms with Gasteiger partial charge in [-0.15, -0.1) is 0 Å². The van der Waals surface area contributed by atoms with Gasteiger partial charge in [-0.25, -0.2) is 0 Å². The van der Waals surface area contributed by atoms with E-state index in [1.807, 2.05) is 6.92 Å². The number of anilines is 2. The van der Waals surface area contributed by atoms with E-state index in [2.05, 4.69) is 20.8 Å². The van der Waals surface area contributed by atoms with E-state index in [9.17, 15) is 4.79 Å². The van der Waals surface area contributed by atoms with Crippen molar-refractivity contribution in [2.24, 2.45) is 0 Å². The molecule has 0 aromatic carbocycles. The zero-order valence-corrected chi connectivity index (χ0v) is 8.78. The highest BCUT2D eigenvalue weighted by Gasteiger charge is 2.14. The van der Waals surface area contributed by atoms with Crippen molar-refractivity contribution in [3.05, 3.63) is 0 Å². The molecule has 0 fully saturated rings. The molecule has 1 unspecified atom stereocenters. The molecule has 84 valence electrons. The molecule has 1 heterocycles. The lowest BCUT2D eigenvalue weighted by Gasteiger charge is -2.11. The summed E-state index contributed by atoms with van der Waals surface area (Å²) in [5.41, 5.74) is 5.23. The van der Waals surface area contributed by atoms with Crippen molar-refractivity contribution < 1.29 is 9.21 Å². The molecule has 1 atom stereocenters. The van der Waals surface area contributed by atoms with E-state index in [0.29, 0.717) is 6.54 Å². The number of nitrogen functional groups attached to an aromatic ring is 1. The van der Waals surface area contributed by atoms with Gasteiger partial charge in [0.2, 0.25) is 5.91 Å². The Kier molecular flexibility index (Phi) is 3.90. The fraction of sp³-hybridized carbons (Fsp3) is 0.625. The van der Waals surface area contributed by atoms with Crippen molar-refractivity contribution in [2.75, 3.05) is 17.6 Å². The second-order valence-electron chi connectivity index (χ2n) is 3.10. The Balaban J connectivity index is 2.41. The molecule has 0 aliphatic rings. The molecule has 1 rings (SSSR count). The first kappa shape index (κ1) is 11.3. The summed E-state index contributed by atoms with van der Waals surface area (Å²) in [4.78, 5) is 11.4. The monoisotopic (exact) mass is 213 g/mol. The molecule has 1 aromatic rings. The lowest BCUT2D eigenvalue weighted by Crippen LogP contribution is -2.37. The summed E-state index contributed by atoms with van der Waals surface area (Å²) in [6.07, 6.45) is 0.895.